The van der Waals surface area contributed by atoms with Gasteiger partial charge in [0.05, 0.1) is 0 Å². The zero-order valence-electron chi connectivity index (χ0n) is 16.9. The molecule has 3 aromatic rings. The van der Waals surface area contributed by atoms with Gasteiger partial charge in [0.25, 0.3) is 0 Å². The number of hydrogen-bond donors (Lipinski definition) is 1. The Balaban J connectivity index is 1.94. The van der Waals surface area contributed by atoms with Crippen LogP contribution in [0, 0.1) is 0 Å². The Hall–Kier alpha value is -1.84. The highest BCUT2D eigenvalue weighted by Gasteiger charge is 2.21. The molecule has 144 valence electrons. The van der Waals surface area contributed by atoms with Crippen molar-refractivity contribution in [2.75, 3.05) is 13.6 Å². The average Bonchev–Trinajstić information content (AvgIpc) is 3.15. The van der Waals surface area contributed by atoms with Crippen LogP contribution in [0.25, 0.3) is 10.8 Å². The number of hydrogen-bond acceptors (Lipinski definition) is 3. The van der Waals surface area contributed by atoms with E-state index in [-0.39, 0.29) is 6.10 Å². The summed E-state index contributed by atoms with van der Waals surface area (Å²) in [6, 6.07) is 15.4. The first kappa shape index (κ1) is 19.9. The monoisotopic (exact) mass is 381 g/mol. The van der Waals surface area contributed by atoms with E-state index in [1.54, 1.807) is 0 Å². The summed E-state index contributed by atoms with van der Waals surface area (Å²) in [5.74, 6) is 1.50. The van der Waals surface area contributed by atoms with Crippen LogP contribution in [0.4, 0.5) is 0 Å². The van der Waals surface area contributed by atoms with Gasteiger partial charge in [0.1, 0.15) is 11.9 Å². The van der Waals surface area contributed by atoms with Crippen LogP contribution in [0.5, 0.6) is 5.75 Å². The maximum absolute atomic E-state index is 6.64. The minimum absolute atomic E-state index is 0.0794. The van der Waals surface area contributed by atoms with Crippen LogP contribution in [0.2, 0.25) is 0 Å². The zero-order chi connectivity index (χ0) is 19.2. The first-order valence-electron chi connectivity index (χ1n) is 10.0. The van der Waals surface area contributed by atoms with Crippen molar-refractivity contribution in [3.63, 3.8) is 0 Å². The molecular weight excluding hydrogens is 350 g/mol. The lowest BCUT2D eigenvalue weighted by atomic mass is 10.0. The van der Waals surface area contributed by atoms with Crippen LogP contribution in [-0.4, -0.2) is 13.6 Å². The quantitative estimate of drug-likeness (QED) is 0.445. The molecule has 1 unspecified atom stereocenters. The molecule has 1 heterocycles. The van der Waals surface area contributed by atoms with E-state index in [4.69, 9.17) is 4.74 Å². The number of ether oxygens (including phenoxy) is 1. The van der Waals surface area contributed by atoms with E-state index in [2.05, 4.69) is 73.9 Å². The van der Waals surface area contributed by atoms with Crippen molar-refractivity contribution in [1.29, 1.82) is 0 Å². The fraction of sp³-hybridized carbons (Fsp3) is 0.417. The molecule has 2 nitrogen and oxygen atoms in total. The maximum atomic E-state index is 6.64. The van der Waals surface area contributed by atoms with Gasteiger partial charge in [-0.1, -0.05) is 57.5 Å². The summed E-state index contributed by atoms with van der Waals surface area (Å²) in [5, 5.41) is 7.94. The molecule has 3 rings (SSSR count). The molecule has 0 aliphatic rings. The van der Waals surface area contributed by atoms with Crippen molar-refractivity contribution in [2.45, 2.75) is 52.1 Å². The number of aryl methyl sites for hydroxylation is 1. The normalized spacial score (nSPS) is 12.6. The van der Waals surface area contributed by atoms with Crippen molar-refractivity contribution in [1.82, 2.24) is 5.32 Å². The van der Waals surface area contributed by atoms with Gasteiger partial charge in [-0.05, 0) is 60.0 Å². The summed E-state index contributed by atoms with van der Waals surface area (Å²) in [6.45, 7) is 7.68. The smallest absolute Gasteiger partial charge is 0.134 e. The highest BCUT2D eigenvalue weighted by atomic mass is 32.1. The third-order valence-corrected chi connectivity index (χ3v) is 6.04. The Kier molecular flexibility index (Phi) is 6.92. The van der Waals surface area contributed by atoms with Crippen LogP contribution >= 0.6 is 11.3 Å². The van der Waals surface area contributed by atoms with Gasteiger partial charge >= 0.3 is 0 Å². The minimum atomic E-state index is 0.0794. The van der Waals surface area contributed by atoms with Gasteiger partial charge in [0, 0.05) is 16.7 Å². The number of benzene rings is 2. The first-order valence-corrected chi connectivity index (χ1v) is 10.9. The second kappa shape index (κ2) is 9.38. The lowest BCUT2D eigenvalue weighted by molar-refractivity contribution is 0.200. The van der Waals surface area contributed by atoms with Crippen molar-refractivity contribution < 1.29 is 4.74 Å². The van der Waals surface area contributed by atoms with Crippen LogP contribution < -0.4 is 10.1 Å². The van der Waals surface area contributed by atoms with Crippen LogP contribution in [-0.2, 0) is 6.42 Å². The van der Waals surface area contributed by atoms with E-state index in [0.29, 0.717) is 5.92 Å². The molecule has 0 radical (unpaired) electrons. The minimum Gasteiger partial charge on any atom is -0.484 e. The topological polar surface area (TPSA) is 21.3 Å². The zero-order valence-corrected chi connectivity index (χ0v) is 17.7. The third-order valence-electron chi connectivity index (χ3n) is 5.01. The van der Waals surface area contributed by atoms with Gasteiger partial charge in [-0.25, -0.2) is 0 Å². The molecule has 1 atom stereocenters. The molecule has 0 aliphatic carbocycles. The molecule has 0 amide bonds. The fourth-order valence-corrected chi connectivity index (χ4v) is 4.71. The van der Waals surface area contributed by atoms with Gasteiger partial charge in [-0.2, -0.15) is 0 Å². The van der Waals surface area contributed by atoms with E-state index in [0.717, 1.165) is 25.1 Å². The van der Waals surface area contributed by atoms with E-state index in [9.17, 15) is 0 Å². The molecule has 0 saturated carbocycles. The molecule has 27 heavy (non-hydrogen) atoms. The average molecular weight is 382 g/mol. The second-order valence-electron chi connectivity index (χ2n) is 7.46. The summed E-state index contributed by atoms with van der Waals surface area (Å²) >= 11 is 1.82. The number of nitrogens with one attached hydrogen (secondary N) is 1. The van der Waals surface area contributed by atoms with Gasteiger partial charge < -0.3 is 10.1 Å². The molecule has 0 saturated heterocycles. The summed E-state index contributed by atoms with van der Waals surface area (Å²) in [5.41, 5.74) is 2.81. The van der Waals surface area contributed by atoms with E-state index in [1.165, 1.54) is 33.2 Å². The van der Waals surface area contributed by atoms with Gasteiger partial charge in [0.15, 0.2) is 0 Å². The number of rotatable bonds is 9. The molecular formula is C24H31NOS. The second-order valence-corrected chi connectivity index (χ2v) is 8.40. The molecule has 3 heteroatoms. The van der Waals surface area contributed by atoms with Crippen molar-refractivity contribution in [3.05, 3.63) is 63.8 Å². The van der Waals surface area contributed by atoms with Crippen molar-refractivity contribution in [2.24, 2.45) is 0 Å². The van der Waals surface area contributed by atoms with Crippen LogP contribution in [0.3, 0.4) is 0 Å². The molecule has 0 fully saturated rings. The fourth-order valence-electron chi connectivity index (χ4n) is 3.59. The molecule has 0 aliphatic heterocycles. The predicted octanol–water partition coefficient (Wildman–Crippen LogP) is 6.71. The Morgan fingerprint density at radius 1 is 1.11 bits per heavy atom. The highest BCUT2D eigenvalue weighted by Crippen LogP contribution is 2.37. The Morgan fingerprint density at radius 2 is 1.96 bits per heavy atom. The summed E-state index contributed by atoms with van der Waals surface area (Å²) < 4.78 is 6.64. The van der Waals surface area contributed by atoms with Gasteiger partial charge in [-0.15, -0.1) is 11.3 Å². The Bertz CT molecular complexity index is 868. The largest absolute Gasteiger partial charge is 0.484 e. The number of thiophene rings is 1. The van der Waals surface area contributed by atoms with E-state index >= 15 is 0 Å². The Labute approximate surface area is 167 Å². The lowest BCUT2D eigenvalue weighted by Gasteiger charge is -2.22. The standard InChI is InChI=1S/C24H31NOS/c1-5-7-18-10-11-21-19(16-18)8-6-9-22(21)26-23(12-14-25-4)24-20(17(2)3)13-15-27-24/h6,8-11,13,15-17,23,25H,5,7,12,14H2,1-4H3. The lowest BCUT2D eigenvalue weighted by Crippen LogP contribution is -2.16. The summed E-state index contributed by atoms with van der Waals surface area (Å²) in [4.78, 5) is 1.36. The number of fused-ring (bicyclic) bond motifs is 1. The molecule has 1 aromatic heterocycles. The third kappa shape index (κ3) is 4.72. The predicted molar refractivity (Wildman–Crippen MR) is 118 cm³/mol. The van der Waals surface area contributed by atoms with E-state index < -0.39 is 0 Å². The van der Waals surface area contributed by atoms with E-state index in [1.807, 2.05) is 18.4 Å². The molecule has 0 spiro atoms. The molecule has 1 N–H and O–H groups in total. The van der Waals surface area contributed by atoms with Crippen molar-refractivity contribution >= 4 is 22.1 Å². The maximum Gasteiger partial charge on any atom is 0.134 e. The van der Waals surface area contributed by atoms with Gasteiger partial charge in [0.2, 0.25) is 0 Å². The van der Waals surface area contributed by atoms with Crippen molar-refractivity contribution in [3.8, 4) is 5.75 Å². The first-order chi connectivity index (χ1) is 13.1. The Morgan fingerprint density at radius 3 is 2.70 bits per heavy atom. The highest BCUT2D eigenvalue weighted by molar-refractivity contribution is 7.10. The van der Waals surface area contributed by atoms with Crippen LogP contribution in [0.1, 0.15) is 61.6 Å². The van der Waals surface area contributed by atoms with Gasteiger partial charge in [-0.3, -0.25) is 0 Å². The molecule has 0 bridgehead atoms. The molecule has 2 aromatic carbocycles. The van der Waals surface area contributed by atoms with Crippen LogP contribution in [0.15, 0.2) is 47.8 Å². The summed E-state index contributed by atoms with van der Waals surface area (Å²) in [6.07, 6.45) is 3.33. The summed E-state index contributed by atoms with van der Waals surface area (Å²) in [7, 11) is 2.00. The SMILES string of the molecule is CCCc1ccc2c(OC(CCNC)c3sccc3C(C)C)cccc2c1.